The van der Waals surface area contributed by atoms with Crippen molar-refractivity contribution >= 4 is 11.6 Å². The molecule has 0 bridgehead atoms. The number of hydrogen-bond donors (Lipinski definition) is 2. The standard InChI is InChI=1S/C16H24N2O3/c1-16(2)11-18(9-13(10-19)21-16)15(20)8-7-12-5-3-4-6-14(12)17/h3-6,13,19H,7-11,17H2,1-2H3. The molecule has 0 spiro atoms. The molecule has 5 nitrogen and oxygen atoms in total. The Morgan fingerprint density at radius 2 is 2.19 bits per heavy atom. The number of carbonyl (C=O) groups is 1. The quantitative estimate of drug-likeness (QED) is 0.818. The highest BCUT2D eigenvalue weighted by Gasteiger charge is 2.34. The van der Waals surface area contributed by atoms with Gasteiger partial charge in [-0.25, -0.2) is 0 Å². The van der Waals surface area contributed by atoms with E-state index in [1.165, 1.54) is 0 Å². The van der Waals surface area contributed by atoms with Crippen molar-refractivity contribution in [2.45, 2.75) is 38.4 Å². The summed E-state index contributed by atoms with van der Waals surface area (Å²) in [5.74, 6) is 0.0769. The SMILES string of the molecule is CC1(C)CN(C(=O)CCc2ccccc2N)CC(CO)O1. The molecule has 5 heteroatoms. The van der Waals surface area contributed by atoms with Crippen LogP contribution in [0.4, 0.5) is 5.69 Å². The maximum atomic E-state index is 12.4. The number of para-hydroxylation sites is 1. The van der Waals surface area contributed by atoms with E-state index >= 15 is 0 Å². The van der Waals surface area contributed by atoms with E-state index < -0.39 is 5.60 Å². The molecule has 2 rings (SSSR count). The Kier molecular flexibility index (Phi) is 4.85. The average Bonchev–Trinajstić information content (AvgIpc) is 2.44. The number of nitrogens with zero attached hydrogens (tertiary/aromatic N) is 1. The van der Waals surface area contributed by atoms with Crippen LogP contribution in [0.3, 0.4) is 0 Å². The summed E-state index contributed by atoms with van der Waals surface area (Å²) in [6.07, 6.45) is 0.745. The molecule has 1 heterocycles. The summed E-state index contributed by atoms with van der Waals surface area (Å²) in [6.45, 7) is 4.79. The lowest BCUT2D eigenvalue weighted by molar-refractivity contribution is -0.166. The molecule has 1 atom stereocenters. The normalized spacial score (nSPS) is 21.3. The molecule has 1 fully saturated rings. The van der Waals surface area contributed by atoms with Crippen molar-refractivity contribution in [1.29, 1.82) is 0 Å². The molecular formula is C16H24N2O3. The Bertz CT molecular complexity index is 502. The van der Waals surface area contributed by atoms with Gasteiger partial charge in [0.1, 0.15) is 0 Å². The third kappa shape index (κ3) is 4.19. The van der Waals surface area contributed by atoms with Gasteiger partial charge in [0.15, 0.2) is 0 Å². The number of nitrogens with two attached hydrogens (primary N) is 1. The van der Waals surface area contributed by atoms with Crippen molar-refractivity contribution in [3.63, 3.8) is 0 Å². The molecule has 21 heavy (non-hydrogen) atoms. The fourth-order valence-electron chi connectivity index (χ4n) is 2.74. The van der Waals surface area contributed by atoms with Gasteiger partial charge in [0.05, 0.1) is 18.3 Å². The predicted molar refractivity (Wildman–Crippen MR) is 81.8 cm³/mol. The highest BCUT2D eigenvalue weighted by molar-refractivity contribution is 5.77. The van der Waals surface area contributed by atoms with Crippen molar-refractivity contribution in [3.05, 3.63) is 29.8 Å². The van der Waals surface area contributed by atoms with Crippen LogP contribution in [0.1, 0.15) is 25.8 Å². The Hall–Kier alpha value is -1.59. The molecule has 0 radical (unpaired) electrons. The second-order valence-electron chi connectivity index (χ2n) is 6.16. The Morgan fingerprint density at radius 1 is 1.48 bits per heavy atom. The molecule has 1 aliphatic heterocycles. The molecule has 0 saturated carbocycles. The summed E-state index contributed by atoms with van der Waals surface area (Å²) in [6, 6.07) is 7.61. The number of ether oxygens (including phenoxy) is 1. The smallest absolute Gasteiger partial charge is 0.223 e. The summed E-state index contributed by atoms with van der Waals surface area (Å²) >= 11 is 0. The van der Waals surface area contributed by atoms with Gasteiger partial charge in [0, 0.05) is 25.2 Å². The molecule has 116 valence electrons. The minimum absolute atomic E-state index is 0.0706. The lowest BCUT2D eigenvalue weighted by Gasteiger charge is -2.42. The van der Waals surface area contributed by atoms with Crippen molar-refractivity contribution in [2.24, 2.45) is 0 Å². The fourth-order valence-corrected chi connectivity index (χ4v) is 2.74. The van der Waals surface area contributed by atoms with Crippen LogP contribution in [0.15, 0.2) is 24.3 Å². The first-order chi connectivity index (χ1) is 9.91. The highest BCUT2D eigenvalue weighted by atomic mass is 16.5. The van der Waals surface area contributed by atoms with E-state index in [0.29, 0.717) is 25.9 Å². The maximum absolute atomic E-state index is 12.4. The molecule has 0 aliphatic carbocycles. The van der Waals surface area contributed by atoms with Gasteiger partial charge >= 0.3 is 0 Å². The van der Waals surface area contributed by atoms with Gasteiger partial charge in [-0.05, 0) is 31.9 Å². The fraction of sp³-hybridized carbons (Fsp3) is 0.562. The molecule has 0 aromatic heterocycles. The van der Waals surface area contributed by atoms with Gasteiger partial charge in [-0.1, -0.05) is 18.2 Å². The van der Waals surface area contributed by atoms with Crippen LogP contribution in [0.25, 0.3) is 0 Å². The monoisotopic (exact) mass is 292 g/mol. The number of aliphatic hydroxyl groups is 1. The third-order valence-corrected chi connectivity index (χ3v) is 3.70. The topological polar surface area (TPSA) is 75.8 Å². The zero-order chi connectivity index (χ0) is 15.5. The molecule has 1 aliphatic rings. The van der Waals surface area contributed by atoms with E-state index in [0.717, 1.165) is 11.3 Å². The van der Waals surface area contributed by atoms with Gasteiger partial charge < -0.3 is 20.5 Å². The Balaban J connectivity index is 1.95. The average molecular weight is 292 g/mol. The van der Waals surface area contributed by atoms with Crippen LogP contribution < -0.4 is 5.73 Å². The molecule has 1 aromatic rings. The second-order valence-corrected chi connectivity index (χ2v) is 6.16. The lowest BCUT2D eigenvalue weighted by Crippen LogP contribution is -2.55. The van der Waals surface area contributed by atoms with Gasteiger partial charge in [0.25, 0.3) is 0 Å². The van der Waals surface area contributed by atoms with Crippen LogP contribution in [0.2, 0.25) is 0 Å². The minimum Gasteiger partial charge on any atom is -0.399 e. The van der Waals surface area contributed by atoms with Crippen LogP contribution in [0, 0.1) is 0 Å². The van der Waals surface area contributed by atoms with E-state index in [4.69, 9.17) is 10.5 Å². The van der Waals surface area contributed by atoms with Crippen LogP contribution in [-0.4, -0.2) is 47.3 Å². The van der Waals surface area contributed by atoms with E-state index in [1.54, 1.807) is 4.90 Å². The van der Waals surface area contributed by atoms with Gasteiger partial charge in [-0.3, -0.25) is 4.79 Å². The Morgan fingerprint density at radius 3 is 2.86 bits per heavy atom. The number of aliphatic hydroxyl groups excluding tert-OH is 1. The number of nitrogen functional groups attached to an aromatic ring is 1. The molecule has 3 N–H and O–H groups in total. The largest absolute Gasteiger partial charge is 0.399 e. The minimum atomic E-state index is -0.424. The van der Waals surface area contributed by atoms with Crippen LogP contribution in [0.5, 0.6) is 0 Å². The first-order valence-electron chi connectivity index (χ1n) is 7.31. The van der Waals surface area contributed by atoms with Crippen molar-refractivity contribution in [3.8, 4) is 0 Å². The number of morpholine rings is 1. The van der Waals surface area contributed by atoms with E-state index in [1.807, 2.05) is 38.1 Å². The third-order valence-electron chi connectivity index (χ3n) is 3.70. The number of hydrogen-bond acceptors (Lipinski definition) is 4. The summed E-state index contributed by atoms with van der Waals surface area (Å²) in [7, 11) is 0. The summed E-state index contributed by atoms with van der Waals surface area (Å²) in [4.78, 5) is 14.2. The second kappa shape index (κ2) is 6.45. The highest BCUT2D eigenvalue weighted by Crippen LogP contribution is 2.22. The van der Waals surface area contributed by atoms with Gasteiger partial charge in [-0.2, -0.15) is 0 Å². The number of aryl methyl sites for hydroxylation is 1. The van der Waals surface area contributed by atoms with E-state index in [2.05, 4.69) is 0 Å². The van der Waals surface area contributed by atoms with E-state index in [9.17, 15) is 9.90 Å². The first-order valence-corrected chi connectivity index (χ1v) is 7.31. The predicted octanol–water partition coefficient (Wildman–Crippen LogP) is 1.20. The summed E-state index contributed by atoms with van der Waals surface area (Å²) < 4.78 is 5.72. The number of carbonyl (C=O) groups excluding carboxylic acids is 1. The van der Waals surface area contributed by atoms with Crippen molar-refractivity contribution < 1.29 is 14.6 Å². The van der Waals surface area contributed by atoms with Crippen LogP contribution >= 0.6 is 0 Å². The number of rotatable bonds is 4. The summed E-state index contributed by atoms with van der Waals surface area (Å²) in [5, 5.41) is 9.29. The number of amides is 1. The molecule has 1 aromatic carbocycles. The van der Waals surface area contributed by atoms with Crippen LogP contribution in [-0.2, 0) is 16.0 Å². The number of benzene rings is 1. The number of anilines is 1. The first kappa shape index (κ1) is 15.8. The molecule has 1 saturated heterocycles. The van der Waals surface area contributed by atoms with Crippen molar-refractivity contribution in [2.75, 3.05) is 25.4 Å². The summed E-state index contributed by atoms with van der Waals surface area (Å²) in [5.41, 5.74) is 7.19. The van der Waals surface area contributed by atoms with Crippen molar-refractivity contribution in [1.82, 2.24) is 4.90 Å². The molecule has 1 unspecified atom stereocenters. The maximum Gasteiger partial charge on any atom is 0.223 e. The zero-order valence-corrected chi connectivity index (χ0v) is 12.7. The molecule has 1 amide bonds. The van der Waals surface area contributed by atoms with Gasteiger partial charge in [0.2, 0.25) is 5.91 Å². The van der Waals surface area contributed by atoms with E-state index in [-0.39, 0.29) is 18.6 Å². The lowest BCUT2D eigenvalue weighted by atomic mass is 10.0. The Labute approximate surface area is 125 Å². The zero-order valence-electron chi connectivity index (χ0n) is 12.7. The van der Waals surface area contributed by atoms with Gasteiger partial charge in [-0.15, -0.1) is 0 Å². The molecular weight excluding hydrogens is 268 g/mol.